The van der Waals surface area contributed by atoms with E-state index >= 15 is 0 Å². The summed E-state index contributed by atoms with van der Waals surface area (Å²) in [5, 5.41) is 0. The fraction of sp³-hybridized carbons (Fsp3) is 0.269. The average Bonchev–Trinajstić information content (AvgIpc) is 2.78. The van der Waals surface area contributed by atoms with Crippen LogP contribution in [0.4, 0.5) is 0 Å². The van der Waals surface area contributed by atoms with Crippen LogP contribution in [0.2, 0.25) is 0 Å². The molecular weight excluding hydrogens is 358 g/mol. The molecule has 0 fully saturated rings. The molecule has 142 valence electrons. The number of hydrogen-bond acceptors (Lipinski definition) is 1. The first-order chi connectivity index (χ1) is 13.9. The first kappa shape index (κ1) is 20.2. The molecule has 3 aromatic carbocycles. The molecule has 0 unspecified atom stereocenters. The maximum absolute atomic E-state index is 6.91. The molecule has 0 radical (unpaired) electrons. The minimum atomic E-state index is -0.208. The molecule has 0 bridgehead atoms. The zero-order valence-corrected chi connectivity index (χ0v) is 17.1. The molecule has 0 N–H and O–H groups in total. The third kappa shape index (κ3) is 4.86. The van der Waals surface area contributed by atoms with Crippen LogP contribution in [0.25, 0.3) is 4.85 Å². The Morgan fingerprint density at radius 2 is 1.04 bits per heavy atom. The van der Waals surface area contributed by atoms with Gasteiger partial charge in [-0.25, -0.2) is 6.57 Å². The molecule has 0 saturated carbocycles. The van der Waals surface area contributed by atoms with Gasteiger partial charge in [-0.3, -0.25) is 0 Å². The molecule has 0 aromatic heterocycles. The van der Waals surface area contributed by atoms with Crippen molar-refractivity contribution >= 4 is 11.8 Å². The SMILES string of the molecule is [C-]#[N+]CCCCCCSC(c1ccccc1)(c1ccccc1)c1ccccc1. The van der Waals surface area contributed by atoms with Gasteiger partial charge >= 0.3 is 0 Å². The van der Waals surface area contributed by atoms with E-state index in [0.717, 1.165) is 18.6 Å². The van der Waals surface area contributed by atoms with Crippen LogP contribution in [0.5, 0.6) is 0 Å². The summed E-state index contributed by atoms with van der Waals surface area (Å²) in [6.45, 7) is 7.57. The summed E-state index contributed by atoms with van der Waals surface area (Å²) in [5.41, 5.74) is 3.97. The van der Waals surface area contributed by atoms with Crippen LogP contribution in [0.15, 0.2) is 91.0 Å². The van der Waals surface area contributed by atoms with E-state index < -0.39 is 0 Å². The summed E-state index contributed by atoms with van der Waals surface area (Å²) < 4.78 is -0.208. The number of unbranched alkanes of at least 4 members (excludes halogenated alkanes) is 3. The summed E-state index contributed by atoms with van der Waals surface area (Å²) in [7, 11) is 0. The molecule has 0 aliphatic carbocycles. The quantitative estimate of drug-likeness (QED) is 0.203. The van der Waals surface area contributed by atoms with Crippen molar-refractivity contribution < 1.29 is 0 Å². The van der Waals surface area contributed by atoms with Gasteiger partial charge in [0.2, 0.25) is 6.54 Å². The summed E-state index contributed by atoms with van der Waals surface area (Å²) in [5.74, 6) is 1.09. The largest absolute Gasteiger partial charge is 0.317 e. The van der Waals surface area contributed by atoms with Crippen LogP contribution >= 0.6 is 11.8 Å². The molecule has 0 heterocycles. The Morgan fingerprint density at radius 1 is 0.607 bits per heavy atom. The first-order valence-corrected chi connectivity index (χ1v) is 11.0. The Morgan fingerprint density at radius 3 is 1.46 bits per heavy atom. The zero-order chi connectivity index (χ0) is 19.5. The van der Waals surface area contributed by atoms with E-state index in [2.05, 4.69) is 95.8 Å². The summed E-state index contributed by atoms with van der Waals surface area (Å²) >= 11 is 2.03. The predicted octanol–water partition coefficient (Wildman–Crippen LogP) is 7.19. The van der Waals surface area contributed by atoms with Gasteiger partial charge in [0, 0.05) is 6.42 Å². The van der Waals surface area contributed by atoms with E-state index in [4.69, 9.17) is 6.57 Å². The Hall–Kier alpha value is -2.50. The Bertz CT molecular complexity index is 757. The van der Waals surface area contributed by atoms with Gasteiger partial charge in [-0.1, -0.05) is 97.4 Å². The normalized spacial score (nSPS) is 11.1. The summed E-state index contributed by atoms with van der Waals surface area (Å²) in [6.07, 6.45) is 4.54. The number of hydrogen-bond donors (Lipinski definition) is 0. The third-order valence-electron chi connectivity index (χ3n) is 5.02. The highest BCUT2D eigenvalue weighted by Crippen LogP contribution is 2.48. The average molecular weight is 386 g/mol. The van der Waals surface area contributed by atoms with Crippen molar-refractivity contribution in [1.29, 1.82) is 0 Å². The topological polar surface area (TPSA) is 4.36 Å². The number of thioether (sulfide) groups is 1. The lowest BCUT2D eigenvalue weighted by Crippen LogP contribution is -2.26. The van der Waals surface area contributed by atoms with Crippen molar-refractivity contribution in [3.05, 3.63) is 119 Å². The molecule has 0 amide bonds. The lowest BCUT2D eigenvalue weighted by Gasteiger charge is -2.35. The van der Waals surface area contributed by atoms with E-state index in [9.17, 15) is 0 Å². The van der Waals surface area contributed by atoms with Gasteiger partial charge in [0.05, 0.1) is 4.75 Å². The number of rotatable bonds is 10. The Balaban J connectivity index is 1.92. The van der Waals surface area contributed by atoms with Crippen molar-refractivity contribution in [3.63, 3.8) is 0 Å². The van der Waals surface area contributed by atoms with Crippen LogP contribution in [-0.2, 0) is 4.75 Å². The second kappa shape index (κ2) is 10.7. The first-order valence-electron chi connectivity index (χ1n) is 10.0. The predicted molar refractivity (Wildman–Crippen MR) is 122 cm³/mol. The van der Waals surface area contributed by atoms with Gasteiger partial charge in [-0.05, 0) is 35.3 Å². The third-order valence-corrected chi connectivity index (χ3v) is 6.66. The summed E-state index contributed by atoms with van der Waals surface area (Å²) in [4.78, 5) is 3.46. The minimum absolute atomic E-state index is 0.208. The van der Waals surface area contributed by atoms with Crippen molar-refractivity contribution in [1.82, 2.24) is 0 Å². The maximum atomic E-state index is 6.91. The second-order valence-electron chi connectivity index (χ2n) is 6.92. The lowest BCUT2D eigenvalue weighted by atomic mass is 9.84. The Labute approximate surface area is 173 Å². The van der Waals surface area contributed by atoms with Crippen LogP contribution in [0, 0.1) is 6.57 Å². The van der Waals surface area contributed by atoms with Crippen molar-refractivity contribution in [2.45, 2.75) is 30.4 Å². The number of nitrogens with zero attached hydrogens (tertiary/aromatic N) is 1. The van der Waals surface area contributed by atoms with Crippen LogP contribution in [0.1, 0.15) is 42.4 Å². The van der Waals surface area contributed by atoms with Crippen molar-refractivity contribution in [3.8, 4) is 0 Å². The van der Waals surface area contributed by atoms with E-state index in [1.54, 1.807) is 0 Å². The maximum Gasteiger partial charge on any atom is 0.214 e. The van der Waals surface area contributed by atoms with Gasteiger partial charge < -0.3 is 4.85 Å². The van der Waals surface area contributed by atoms with Gasteiger partial charge in [-0.15, -0.1) is 11.8 Å². The highest BCUT2D eigenvalue weighted by atomic mass is 32.2. The monoisotopic (exact) mass is 385 g/mol. The van der Waals surface area contributed by atoms with Crippen molar-refractivity contribution in [2.24, 2.45) is 0 Å². The molecule has 28 heavy (non-hydrogen) atoms. The summed E-state index contributed by atoms with van der Waals surface area (Å²) in [6, 6.07) is 32.6. The van der Waals surface area contributed by atoms with E-state index in [1.165, 1.54) is 29.5 Å². The molecule has 0 aliphatic rings. The smallest absolute Gasteiger partial charge is 0.214 e. The van der Waals surface area contributed by atoms with Crippen LogP contribution < -0.4 is 0 Å². The molecule has 0 aliphatic heterocycles. The lowest BCUT2D eigenvalue weighted by molar-refractivity contribution is 0.696. The van der Waals surface area contributed by atoms with Crippen molar-refractivity contribution in [2.75, 3.05) is 12.3 Å². The highest BCUT2D eigenvalue weighted by molar-refractivity contribution is 8.00. The highest BCUT2D eigenvalue weighted by Gasteiger charge is 2.36. The molecule has 2 heteroatoms. The van der Waals surface area contributed by atoms with Crippen LogP contribution in [0.3, 0.4) is 0 Å². The fourth-order valence-corrected chi connectivity index (χ4v) is 5.20. The minimum Gasteiger partial charge on any atom is -0.317 e. The molecule has 0 atom stereocenters. The molecule has 3 aromatic rings. The number of benzene rings is 3. The van der Waals surface area contributed by atoms with E-state index in [-0.39, 0.29) is 4.75 Å². The van der Waals surface area contributed by atoms with Gasteiger partial charge in [0.1, 0.15) is 0 Å². The molecule has 3 rings (SSSR count). The molecule has 0 saturated heterocycles. The van der Waals surface area contributed by atoms with E-state index in [1.807, 2.05) is 11.8 Å². The zero-order valence-electron chi connectivity index (χ0n) is 16.3. The molecule has 1 nitrogen and oxygen atoms in total. The standard InChI is InChI=1S/C26H27NS/c1-27-21-13-2-3-14-22-28-26(23-15-7-4-8-16-23,24-17-9-5-10-18-24)25-19-11-6-12-20-25/h4-12,15-20H,2-3,13-14,21-22H2. The second-order valence-corrected chi connectivity index (χ2v) is 8.23. The van der Waals surface area contributed by atoms with Gasteiger partial charge in [0.15, 0.2) is 0 Å². The molecule has 0 spiro atoms. The van der Waals surface area contributed by atoms with Gasteiger partial charge in [0.25, 0.3) is 0 Å². The fourth-order valence-electron chi connectivity index (χ4n) is 3.64. The van der Waals surface area contributed by atoms with Gasteiger partial charge in [-0.2, -0.15) is 0 Å². The van der Waals surface area contributed by atoms with Crippen LogP contribution in [-0.4, -0.2) is 12.3 Å². The Kier molecular flexibility index (Phi) is 7.76. The van der Waals surface area contributed by atoms with E-state index in [0.29, 0.717) is 6.54 Å². The molecular formula is C26H27NS.